The van der Waals surface area contributed by atoms with Crippen LogP contribution in [0.2, 0.25) is 0 Å². The second kappa shape index (κ2) is 5.01. The summed E-state index contributed by atoms with van der Waals surface area (Å²) in [5.41, 5.74) is 7.09. The molecule has 16 heavy (non-hydrogen) atoms. The van der Waals surface area contributed by atoms with Crippen LogP contribution >= 0.6 is 0 Å². The van der Waals surface area contributed by atoms with Crippen molar-refractivity contribution in [2.24, 2.45) is 10.7 Å². The Balaban J connectivity index is 1.84. The summed E-state index contributed by atoms with van der Waals surface area (Å²) in [5, 5.41) is 3.19. The average molecular weight is 217 g/mol. The minimum atomic E-state index is 0.417. The zero-order valence-electron chi connectivity index (χ0n) is 9.69. The number of nitrogens with zero attached hydrogens (tertiary/aromatic N) is 1. The molecule has 1 aliphatic carbocycles. The molecule has 1 fully saturated rings. The SMILES string of the molecule is CC(CN=C(N)NC1CC1)c1ccccc1. The predicted molar refractivity (Wildman–Crippen MR) is 67.5 cm³/mol. The molecule has 0 aliphatic heterocycles. The Morgan fingerprint density at radius 3 is 2.75 bits per heavy atom. The van der Waals surface area contributed by atoms with Gasteiger partial charge in [0.1, 0.15) is 0 Å². The van der Waals surface area contributed by atoms with Crippen molar-refractivity contribution in [1.29, 1.82) is 0 Å². The molecule has 1 atom stereocenters. The van der Waals surface area contributed by atoms with Crippen LogP contribution in [0.3, 0.4) is 0 Å². The van der Waals surface area contributed by atoms with Gasteiger partial charge in [0.15, 0.2) is 5.96 Å². The van der Waals surface area contributed by atoms with Gasteiger partial charge in [0.05, 0.1) is 0 Å². The lowest BCUT2D eigenvalue weighted by Gasteiger charge is -2.09. The summed E-state index contributed by atoms with van der Waals surface area (Å²) in [4.78, 5) is 4.36. The largest absolute Gasteiger partial charge is 0.370 e. The number of benzene rings is 1. The molecule has 0 spiro atoms. The minimum absolute atomic E-state index is 0.417. The molecule has 0 amide bonds. The van der Waals surface area contributed by atoms with Gasteiger partial charge in [-0.05, 0) is 18.4 Å². The van der Waals surface area contributed by atoms with Crippen LogP contribution in [0.25, 0.3) is 0 Å². The minimum Gasteiger partial charge on any atom is -0.370 e. The van der Waals surface area contributed by atoms with E-state index in [0.717, 1.165) is 6.54 Å². The maximum atomic E-state index is 5.78. The Morgan fingerprint density at radius 2 is 2.12 bits per heavy atom. The summed E-state index contributed by atoms with van der Waals surface area (Å²) in [7, 11) is 0. The molecule has 1 aromatic carbocycles. The van der Waals surface area contributed by atoms with Crippen molar-refractivity contribution in [2.45, 2.75) is 31.7 Å². The van der Waals surface area contributed by atoms with Gasteiger partial charge in [0.25, 0.3) is 0 Å². The monoisotopic (exact) mass is 217 g/mol. The van der Waals surface area contributed by atoms with Crippen molar-refractivity contribution in [3.8, 4) is 0 Å². The molecular formula is C13H19N3. The number of nitrogens with two attached hydrogens (primary N) is 1. The van der Waals surface area contributed by atoms with E-state index < -0.39 is 0 Å². The number of aliphatic imine (C=N–C) groups is 1. The lowest BCUT2D eigenvalue weighted by molar-refractivity contribution is 0.763. The Morgan fingerprint density at radius 1 is 1.44 bits per heavy atom. The van der Waals surface area contributed by atoms with E-state index in [2.05, 4.69) is 41.5 Å². The van der Waals surface area contributed by atoms with E-state index in [1.165, 1.54) is 18.4 Å². The van der Waals surface area contributed by atoms with E-state index in [9.17, 15) is 0 Å². The van der Waals surface area contributed by atoms with E-state index in [1.807, 2.05) is 6.07 Å². The van der Waals surface area contributed by atoms with Gasteiger partial charge in [-0.2, -0.15) is 0 Å². The van der Waals surface area contributed by atoms with Gasteiger partial charge >= 0.3 is 0 Å². The van der Waals surface area contributed by atoms with E-state index in [0.29, 0.717) is 17.9 Å². The number of hydrogen-bond donors (Lipinski definition) is 2. The molecule has 0 heterocycles. The lowest BCUT2D eigenvalue weighted by atomic mass is 10.0. The third-order valence-corrected chi connectivity index (χ3v) is 2.83. The fourth-order valence-electron chi connectivity index (χ4n) is 1.60. The highest BCUT2D eigenvalue weighted by atomic mass is 15.1. The highest BCUT2D eigenvalue weighted by Gasteiger charge is 2.21. The second-order valence-corrected chi connectivity index (χ2v) is 4.46. The number of hydrogen-bond acceptors (Lipinski definition) is 1. The van der Waals surface area contributed by atoms with Crippen molar-refractivity contribution in [2.75, 3.05) is 6.54 Å². The first-order valence-corrected chi connectivity index (χ1v) is 5.87. The summed E-state index contributed by atoms with van der Waals surface area (Å²) in [5.74, 6) is 1.01. The Labute approximate surface area is 96.8 Å². The summed E-state index contributed by atoms with van der Waals surface area (Å²) in [6, 6.07) is 11.0. The first kappa shape index (κ1) is 11.0. The van der Waals surface area contributed by atoms with Crippen LogP contribution in [-0.4, -0.2) is 18.5 Å². The van der Waals surface area contributed by atoms with E-state index in [4.69, 9.17) is 5.73 Å². The topological polar surface area (TPSA) is 50.4 Å². The molecule has 86 valence electrons. The molecule has 3 heteroatoms. The van der Waals surface area contributed by atoms with Crippen LogP contribution in [-0.2, 0) is 0 Å². The highest BCUT2D eigenvalue weighted by Crippen LogP contribution is 2.18. The van der Waals surface area contributed by atoms with Crippen molar-refractivity contribution < 1.29 is 0 Å². The third kappa shape index (κ3) is 3.26. The van der Waals surface area contributed by atoms with Gasteiger partial charge < -0.3 is 11.1 Å². The number of guanidine groups is 1. The zero-order valence-corrected chi connectivity index (χ0v) is 9.69. The Hall–Kier alpha value is -1.51. The molecule has 3 nitrogen and oxygen atoms in total. The molecule has 2 rings (SSSR count). The summed E-state index contributed by atoms with van der Waals surface area (Å²) < 4.78 is 0. The molecule has 3 N–H and O–H groups in total. The van der Waals surface area contributed by atoms with E-state index >= 15 is 0 Å². The fraction of sp³-hybridized carbons (Fsp3) is 0.462. The average Bonchev–Trinajstić information content (AvgIpc) is 3.11. The molecule has 0 aromatic heterocycles. The predicted octanol–water partition coefficient (Wildman–Crippen LogP) is 1.86. The molecular weight excluding hydrogens is 198 g/mol. The van der Waals surface area contributed by atoms with Gasteiger partial charge in [-0.25, -0.2) is 0 Å². The molecule has 1 aromatic rings. The normalized spacial score (nSPS) is 18.2. The Kier molecular flexibility index (Phi) is 3.44. The van der Waals surface area contributed by atoms with Gasteiger partial charge in [0.2, 0.25) is 0 Å². The van der Waals surface area contributed by atoms with E-state index in [1.54, 1.807) is 0 Å². The second-order valence-electron chi connectivity index (χ2n) is 4.46. The van der Waals surface area contributed by atoms with Crippen LogP contribution in [0.4, 0.5) is 0 Å². The maximum absolute atomic E-state index is 5.78. The summed E-state index contributed by atoms with van der Waals surface area (Å²) >= 11 is 0. The summed E-state index contributed by atoms with van der Waals surface area (Å²) in [6.07, 6.45) is 2.45. The molecule has 0 radical (unpaired) electrons. The Bertz CT molecular complexity index is 355. The van der Waals surface area contributed by atoms with Crippen molar-refractivity contribution in [3.63, 3.8) is 0 Å². The first-order valence-electron chi connectivity index (χ1n) is 5.87. The van der Waals surface area contributed by atoms with Gasteiger partial charge in [-0.15, -0.1) is 0 Å². The fourth-order valence-corrected chi connectivity index (χ4v) is 1.60. The van der Waals surface area contributed by atoms with Crippen LogP contribution < -0.4 is 11.1 Å². The van der Waals surface area contributed by atoms with Gasteiger partial charge in [0, 0.05) is 18.5 Å². The highest BCUT2D eigenvalue weighted by molar-refractivity contribution is 5.78. The standard InChI is InChI=1S/C13H19N3/c1-10(11-5-3-2-4-6-11)9-15-13(14)16-12-7-8-12/h2-6,10,12H,7-9H2,1H3,(H3,14,15,16). The smallest absolute Gasteiger partial charge is 0.188 e. The van der Waals surface area contributed by atoms with Gasteiger partial charge in [-0.3, -0.25) is 4.99 Å². The molecule has 1 saturated carbocycles. The van der Waals surface area contributed by atoms with Crippen LogP contribution in [0.15, 0.2) is 35.3 Å². The quantitative estimate of drug-likeness (QED) is 0.597. The molecule has 1 unspecified atom stereocenters. The molecule has 0 saturated heterocycles. The number of nitrogens with one attached hydrogen (secondary N) is 1. The third-order valence-electron chi connectivity index (χ3n) is 2.83. The maximum Gasteiger partial charge on any atom is 0.188 e. The molecule has 0 bridgehead atoms. The first-order chi connectivity index (χ1) is 7.75. The number of rotatable bonds is 4. The van der Waals surface area contributed by atoms with Crippen LogP contribution in [0, 0.1) is 0 Å². The lowest BCUT2D eigenvalue weighted by Crippen LogP contribution is -2.33. The molecule has 1 aliphatic rings. The van der Waals surface area contributed by atoms with Crippen molar-refractivity contribution >= 4 is 5.96 Å². The van der Waals surface area contributed by atoms with Crippen molar-refractivity contribution in [1.82, 2.24) is 5.32 Å². The summed E-state index contributed by atoms with van der Waals surface area (Å²) in [6.45, 7) is 2.92. The zero-order chi connectivity index (χ0) is 11.4. The van der Waals surface area contributed by atoms with Crippen LogP contribution in [0.5, 0.6) is 0 Å². The van der Waals surface area contributed by atoms with E-state index in [-0.39, 0.29) is 0 Å². The van der Waals surface area contributed by atoms with Gasteiger partial charge in [-0.1, -0.05) is 37.3 Å². The van der Waals surface area contributed by atoms with Crippen molar-refractivity contribution in [3.05, 3.63) is 35.9 Å². The van der Waals surface area contributed by atoms with Crippen LogP contribution in [0.1, 0.15) is 31.2 Å².